The minimum absolute atomic E-state index is 0.126. The molecule has 5 heteroatoms. The number of hydrogen-bond donors (Lipinski definition) is 1. The van der Waals surface area contributed by atoms with Crippen LogP contribution in [-0.2, 0) is 12.0 Å². The first kappa shape index (κ1) is 16.5. The van der Waals surface area contributed by atoms with Gasteiger partial charge in [0.15, 0.2) is 0 Å². The van der Waals surface area contributed by atoms with Gasteiger partial charge in [0.25, 0.3) is 0 Å². The fourth-order valence-electron chi connectivity index (χ4n) is 2.23. The summed E-state index contributed by atoms with van der Waals surface area (Å²) in [4.78, 5) is 4.21. The molecule has 1 atom stereocenters. The first-order valence-electron chi connectivity index (χ1n) is 7.55. The zero-order valence-electron chi connectivity index (χ0n) is 14.0. The summed E-state index contributed by atoms with van der Waals surface area (Å²) < 4.78 is 7.34. The van der Waals surface area contributed by atoms with E-state index in [0.29, 0.717) is 12.4 Å². The van der Waals surface area contributed by atoms with Crippen molar-refractivity contribution in [3.63, 3.8) is 0 Å². The number of aryl methyl sites for hydroxylation is 2. The molecule has 2 rings (SSSR count). The highest BCUT2D eigenvalue weighted by atomic mass is 16.5. The lowest BCUT2D eigenvalue weighted by Crippen LogP contribution is -2.24. The van der Waals surface area contributed by atoms with Crippen molar-refractivity contribution in [2.75, 3.05) is 6.61 Å². The van der Waals surface area contributed by atoms with Gasteiger partial charge in [0.2, 0.25) is 0 Å². The summed E-state index contributed by atoms with van der Waals surface area (Å²) in [6, 6.07) is 8.01. The normalized spacial score (nSPS) is 13.2. The van der Waals surface area contributed by atoms with E-state index < -0.39 is 6.10 Å². The molecule has 0 amide bonds. The molecule has 0 aliphatic carbocycles. The third kappa shape index (κ3) is 4.31. The van der Waals surface area contributed by atoms with E-state index in [9.17, 15) is 5.11 Å². The van der Waals surface area contributed by atoms with Crippen LogP contribution in [0.2, 0.25) is 0 Å². The summed E-state index contributed by atoms with van der Waals surface area (Å²) >= 11 is 0. The fourth-order valence-corrected chi connectivity index (χ4v) is 2.23. The van der Waals surface area contributed by atoms with Crippen LogP contribution in [-0.4, -0.2) is 32.6 Å². The molecular formula is C17H25N3O2. The Kier molecular flexibility index (Phi) is 4.86. The van der Waals surface area contributed by atoms with E-state index in [4.69, 9.17) is 4.74 Å². The highest BCUT2D eigenvalue weighted by Crippen LogP contribution is 2.24. The maximum Gasteiger partial charge on any atom is 0.147 e. The number of aliphatic hydroxyl groups is 1. The maximum absolute atomic E-state index is 10.1. The highest BCUT2D eigenvalue weighted by molar-refractivity contribution is 5.31. The van der Waals surface area contributed by atoms with Crippen molar-refractivity contribution in [3.8, 4) is 5.75 Å². The Morgan fingerprint density at radius 3 is 2.32 bits per heavy atom. The maximum atomic E-state index is 10.1. The van der Waals surface area contributed by atoms with Crippen LogP contribution in [0.5, 0.6) is 5.75 Å². The third-order valence-corrected chi connectivity index (χ3v) is 3.51. The lowest BCUT2D eigenvalue weighted by Gasteiger charge is -2.19. The van der Waals surface area contributed by atoms with E-state index in [1.165, 1.54) is 5.56 Å². The van der Waals surface area contributed by atoms with E-state index in [-0.39, 0.29) is 12.0 Å². The molecule has 0 aliphatic rings. The smallest absolute Gasteiger partial charge is 0.147 e. The SMILES string of the molecule is Cc1nc(C)n(CC(O)COc2ccc(C(C)(C)C)cc2)n1. The molecular weight excluding hydrogens is 278 g/mol. The van der Waals surface area contributed by atoms with Crippen molar-refractivity contribution in [3.05, 3.63) is 41.5 Å². The molecule has 0 saturated heterocycles. The number of rotatable bonds is 5. The van der Waals surface area contributed by atoms with Crippen molar-refractivity contribution in [2.24, 2.45) is 0 Å². The average Bonchev–Trinajstić information content (AvgIpc) is 2.74. The van der Waals surface area contributed by atoms with Gasteiger partial charge >= 0.3 is 0 Å². The van der Waals surface area contributed by atoms with Gasteiger partial charge in [0, 0.05) is 0 Å². The van der Waals surface area contributed by atoms with Gasteiger partial charge in [-0.25, -0.2) is 9.67 Å². The van der Waals surface area contributed by atoms with Crippen LogP contribution in [0.3, 0.4) is 0 Å². The molecule has 120 valence electrons. The van der Waals surface area contributed by atoms with Crippen LogP contribution in [0, 0.1) is 13.8 Å². The van der Waals surface area contributed by atoms with Gasteiger partial charge in [0.1, 0.15) is 30.1 Å². The van der Waals surface area contributed by atoms with Crippen LogP contribution in [0.4, 0.5) is 0 Å². The predicted octanol–water partition coefficient (Wildman–Crippen LogP) is 2.63. The molecule has 1 aromatic heterocycles. The van der Waals surface area contributed by atoms with E-state index in [2.05, 4.69) is 43.0 Å². The van der Waals surface area contributed by atoms with Crippen LogP contribution < -0.4 is 4.74 Å². The lowest BCUT2D eigenvalue weighted by molar-refractivity contribution is 0.0886. The molecule has 0 aliphatic heterocycles. The van der Waals surface area contributed by atoms with E-state index in [0.717, 1.165) is 11.6 Å². The molecule has 1 heterocycles. The van der Waals surface area contributed by atoms with E-state index in [1.54, 1.807) is 4.68 Å². The molecule has 1 aromatic carbocycles. The molecule has 5 nitrogen and oxygen atoms in total. The number of nitrogens with zero attached hydrogens (tertiary/aromatic N) is 3. The molecule has 0 radical (unpaired) electrons. The summed E-state index contributed by atoms with van der Waals surface area (Å²) in [5, 5.41) is 14.3. The minimum atomic E-state index is -0.623. The van der Waals surface area contributed by atoms with Gasteiger partial charge in [-0.1, -0.05) is 32.9 Å². The number of benzene rings is 1. The van der Waals surface area contributed by atoms with Crippen molar-refractivity contribution in [1.82, 2.24) is 14.8 Å². The summed E-state index contributed by atoms with van der Waals surface area (Å²) in [5.41, 5.74) is 1.38. The topological polar surface area (TPSA) is 60.2 Å². The van der Waals surface area contributed by atoms with Gasteiger partial charge in [-0.3, -0.25) is 0 Å². The Labute approximate surface area is 132 Å². The second-order valence-electron chi connectivity index (χ2n) is 6.63. The van der Waals surface area contributed by atoms with Gasteiger partial charge in [-0.05, 0) is 37.0 Å². The molecule has 0 saturated carbocycles. The lowest BCUT2D eigenvalue weighted by atomic mass is 9.87. The Bertz CT molecular complexity index is 612. The zero-order valence-corrected chi connectivity index (χ0v) is 14.0. The van der Waals surface area contributed by atoms with E-state index in [1.807, 2.05) is 26.0 Å². The first-order chi connectivity index (χ1) is 10.3. The molecule has 0 fully saturated rings. The van der Waals surface area contributed by atoms with Gasteiger partial charge in [-0.2, -0.15) is 5.10 Å². The van der Waals surface area contributed by atoms with E-state index >= 15 is 0 Å². The molecule has 1 N–H and O–H groups in total. The van der Waals surface area contributed by atoms with Gasteiger partial charge in [0.05, 0.1) is 6.54 Å². The third-order valence-electron chi connectivity index (χ3n) is 3.51. The fraction of sp³-hybridized carbons (Fsp3) is 0.529. The van der Waals surface area contributed by atoms with Gasteiger partial charge < -0.3 is 9.84 Å². The second-order valence-corrected chi connectivity index (χ2v) is 6.63. The van der Waals surface area contributed by atoms with Crippen LogP contribution >= 0.6 is 0 Å². The average molecular weight is 303 g/mol. The van der Waals surface area contributed by atoms with Crippen molar-refractivity contribution in [1.29, 1.82) is 0 Å². The first-order valence-corrected chi connectivity index (χ1v) is 7.55. The summed E-state index contributed by atoms with van der Waals surface area (Å²) in [6.45, 7) is 10.8. The quantitative estimate of drug-likeness (QED) is 0.922. The molecule has 0 spiro atoms. The second kappa shape index (κ2) is 6.48. The zero-order chi connectivity index (χ0) is 16.3. The molecule has 0 bridgehead atoms. The number of hydrogen-bond acceptors (Lipinski definition) is 4. The Balaban J connectivity index is 1.88. The van der Waals surface area contributed by atoms with Crippen molar-refractivity contribution < 1.29 is 9.84 Å². The van der Waals surface area contributed by atoms with Crippen LogP contribution in [0.15, 0.2) is 24.3 Å². The summed E-state index contributed by atoms with van der Waals surface area (Å²) in [7, 11) is 0. The number of aliphatic hydroxyl groups excluding tert-OH is 1. The standard InChI is InChI=1S/C17H25N3O2/c1-12-18-13(2)20(19-12)10-15(21)11-22-16-8-6-14(7-9-16)17(3,4)5/h6-9,15,21H,10-11H2,1-5H3. The highest BCUT2D eigenvalue weighted by Gasteiger charge is 2.14. The molecule has 1 unspecified atom stereocenters. The van der Waals surface area contributed by atoms with Crippen molar-refractivity contribution >= 4 is 0 Å². The molecule has 22 heavy (non-hydrogen) atoms. The monoisotopic (exact) mass is 303 g/mol. The predicted molar refractivity (Wildman–Crippen MR) is 86.1 cm³/mol. The largest absolute Gasteiger partial charge is 0.491 e. The number of ether oxygens (including phenoxy) is 1. The minimum Gasteiger partial charge on any atom is -0.491 e. The Morgan fingerprint density at radius 2 is 1.82 bits per heavy atom. The summed E-state index contributed by atoms with van der Waals surface area (Å²) in [6.07, 6.45) is -0.623. The Hall–Kier alpha value is -1.88. The Morgan fingerprint density at radius 1 is 1.18 bits per heavy atom. The van der Waals surface area contributed by atoms with Crippen molar-refractivity contribution in [2.45, 2.75) is 52.7 Å². The van der Waals surface area contributed by atoms with Gasteiger partial charge in [-0.15, -0.1) is 0 Å². The number of aromatic nitrogens is 3. The molecule has 2 aromatic rings. The van der Waals surface area contributed by atoms with Crippen LogP contribution in [0.25, 0.3) is 0 Å². The van der Waals surface area contributed by atoms with Crippen LogP contribution in [0.1, 0.15) is 38.0 Å². The summed E-state index contributed by atoms with van der Waals surface area (Å²) in [5.74, 6) is 2.27.